The third-order valence-corrected chi connectivity index (χ3v) is 7.25. The van der Waals surface area contributed by atoms with E-state index in [-0.39, 0.29) is 23.2 Å². The molecule has 1 aliphatic rings. The molecule has 0 bridgehead atoms. The Morgan fingerprint density at radius 1 is 0.971 bits per heavy atom. The number of carboxylic acid groups (broad SMARTS) is 1. The first-order valence-electron chi connectivity index (χ1n) is 11.9. The van der Waals surface area contributed by atoms with Crippen molar-refractivity contribution in [2.75, 3.05) is 0 Å². The molecule has 0 aliphatic heterocycles. The largest absolute Gasteiger partial charge is 0.481 e. The average molecular weight is 458 g/mol. The highest BCUT2D eigenvalue weighted by Gasteiger charge is 2.27. The van der Waals surface area contributed by atoms with Crippen molar-refractivity contribution in [2.45, 2.75) is 50.9 Å². The molecular weight excluding hydrogens is 426 g/mol. The van der Waals surface area contributed by atoms with Crippen molar-refractivity contribution in [2.24, 2.45) is 13.0 Å². The van der Waals surface area contributed by atoms with E-state index in [4.69, 9.17) is 0 Å². The number of hydrogen-bond acceptors (Lipinski definition) is 3. The Morgan fingerprint density at radius 2 is 1.65 bits per heavy atom. The normalized spacial score (nSPS) is 18.9. The van der Waals surface area contributed by atoms with Crippen molar-refractivity contribution in [3.63, 3.8) is 0 Å². The minimum Gasteiger partial charge on any atom is -0.481 e. The highest BCUT2D eigenvalue weighted by atomic mass is 16.4. The van der Waals surface area contributed by atoms with Gasteiger partial charge in [0.25, 0.3) is 0 Å². The second kappa shape index (κ2) is 10.2. The van der Waals surface area contributed by atoms with Crippen molar-refractivity contribution in [3.8, 4) is 0 Å². The van der Waals surface area contributed by atoms with E-state index in [9.17, 15) is 19.5 Å². The van der Waals surface area contributed by atoms with Gasteiger partial charge in [-0.1, -0.05) is 48.5 Å². The summed E-state index contributed by atoms with van der Waals surface area (Å²) in [6, 6.07) is 19.7. The molecule has 1 saturated carbocycles. The zero-order valence-corrected chi connectivity index (χ0v) is 19.7. The summed E-state index contributed by atoms with van der Waals surface area (Å²) in [5, 5.41) is 9.26. The Balaban J connectivity index is 1.59. The van der Waals surface area contributed by atoms with Crippen molar-refractivity contribution in [1.29, 1.82) is 0 Å². The fourth-order valence-electron chi connectivity index (χ4n) is 5.12. The number of benzene rings is 2. The molecule has 1 heterocycles. The van der Waals surface area contributed by atoms with Gasteiger partial charge in [-0.25, -0.2) is 0 Å². The first-order chi connectivity index (χ1) is 16.3. The van der Waals surface area contributed by atoms with E-state index in [1.165, 1.54) is 16.2 Å². The zero-order valence-electron chi connectivity index (χ0n) is 19.7. The van der Waals surface area contributed by atoms with Crippen LogP contribution in [0.25, 0.3) is 0 Å². The van der Waals surface area contributed by atoms with Crippen LogP contribution in [0.15, 0.2) is 71.7 Å². The highest BCUT2D eigenvalue weighted by Crippen LogP contribution is 2.37. The maximum absolute atomic E-state index is 13.2. The Morgan fingerprint density at radius 3 is 2.26 bits per heavy atom. The molecule has 1 aromatic heterocycles. The van der Waals surface area contributed by atoms with Crippen LogP contribution in [0.3, 0.4) is 0 Å². The SMILES string of the molecule is Cc1ccccc1C(CC(=O)c1ccc(=O)n(C)c1)c1ccc(C2CCC(C(=O)O)CC2)cc1. The number of rotatable bonds is 7. The van der Waals surface area contributed by atoms with Gasteiger partial charge in [-0.05, 0) is 66.8 Å². The average Bonchev–Trinajstić information content (AvgIpc) is 2.85. The number of carbonyl (C=O) groups is 2. The Labute approximate surface area is 200 Å². The molecule has 1 fully saturated rings. The third-order valence-electron chi connectivity index (χ3n) is 7.25. The van der Waals surface area contributed by atoms with Crippen LogP contribution < -0.4 is 5.56 Å². The molecule has 0 radical (unpaired) electrons. The van der Waals surface area contributed by atoms with E-state index in [0.717, 1.165) is 42.4 Å². The summed E-state index contributed by atoms with van der Waals surface area (Å²) >= 11 is 0. The van der Waals surface area contributed by atoms with Gasteiger partial charge in [-0.3, -0.25) is 14.4 Å². The molecule has 5 nitrogen and oxygen atoms in total. The summed E-state index contributed by atoms with van der Waals surface area (Å²) < 4.78 is 1.43. The lowest BCUT2D eigenvalue weighted by Gasteiger charge is -2.27. The van der Waals surface area contributed by atoms with E-state index >= 15 is 0 Å². The van der Waals surface area contributed by atoms with Gasteiger partial charge in [0.2, 0.25) is 5.56 Å². The van der Waals surface area contributed by atoms with Crippen molar-refractivity contribution in [3.05, 3.63) is 105 Å². The molecule has 1 unspecified atom stereocenters. The van der Waals surface area contributed by atoms with Gasteiger partial charge in [0.15, 0.2) is 5.78 Å². The van der Waals surface area contributed by atoms with Gasteiger partial charge in [0.1, 0.15) is 0 Å². The predicted octanol–water partition coefficient (Wildman–Crippen LogP) is 5.46. The van der Waals surface area contributed by atoms with Crippen molar-refractivity contribution >= 4 is 11.8 Å². The number of carboxylic acids is 1. The fraction of sp³-hybridized carbons (Fsp3) is 0.345. The summed E-state index contributed by atoms with van der Waals surface area (Å²) in [6.07, 6.45) is 5.15. The molecule has 3 aromatic rings. The van der Waals surface area contributed by atoms with Crippen molar-refractivity contribution in [1.82, 2.24) is 4.57 Å². The molecule has 34 heavy (non-hydrogen) atoms. The quantitative estimate of drug-likeness (QED) is 0.478. The van der Waals surface area contributed by atoms with E-state index in [1.54, 1.807) is 19.3 Å². The summed E-state index contributed by atoms with van der Waals surface area (Å²) in [7, 11) is 1.65. The minimum atomic E-state index is -0.682. The van der Waals surface area contributed by atoms with Gasteiger partial charge in [0, 0.05) is 37.2 Å². The first-order valence-corrected chi connectivity index (χ1v) is 11.9. The van der Waals surface area contributed by atoms with E-state index in [2.05, 4.69) is 43.3 Å². The summed E-state index contributed by atoms with van der Waals surface area (Å²) in [4.78, 5) is 36.2. The standard InChI is InChI=1S/C29H31NO4/c1-19-5-3-4-6-25(19)26(17-27(31)24-15-16-28(32)30(2)18-24)22-11-7-20(8-12-22)21-9-13-23(14-10-21)29(33)34/h3-8,11-12,15-16,18,21,23,26H,9-10,13-14,17H2,1-2H3,(H,33,34). The number of carbonyl (C=O) groups excluding carboxylic acids is 1. The van der Waals surface area contributed by atoms with Crippen LogP contribution in [0.1, 0.15) is 76.6 Å². The van der Waals surface area contributed by atoms with E-state index in [0.29, 0.717) is 17.9 Å². The number of hydrogen-bond donors (Lipinski definition) is 1. The number of aryl methyl sites for hydroxylation is 2. The molecule has 1 aliphatic carbocycles. The predicted molar refractivity (Wildman–Crippen MR) is 132 cm³/mol. The number of Topliss-reactive ketones (excluding diaryl/α,β-unsaturated/α-hetero) is 1. The molecule has 1 atom stereocenters. The zero-order chi connectivity index (χ0) is 24.2. The molecule has 0 amide bonds. The second-order valence-electron chi connectivity index (χ2n) is 9.46. The maximum Gasteiger partial charge on any atom is 0.306 e. The molecular formula is C29H31NO4. The van der Waals surface area contributed by atoms with Crippen LogP contribution in [0.5, 0.6) is 0 Å². The number of aliphatic carboxylic acids is 1. The molecule has 0 saturated heterocycles. The molecule has 2 aromatic carbocycles. The van der Waals surface area contributed by atoms with Crippen LogP contribution in [0.2, 0.25) is 0 Å². The first kappa shape index (κ1) is 23.7. The smallest absolute Gasteiger partial charge is 0.306 e. The van der Waals surface area contributed by atoms with E-state index < -0.39 is 5.97 Å². The second-order valence-corrected chi connectivity index (χ2v) is 9.46. The number of aromatic nitrogens is 1. The van der Waals surface area contributed by atoms with Gasteiger partial charge in [-0.15, -0.1) is 0 Å². The molecule has 176 valence electrons. The third kappa shape index (κ3) is 5.19. The van der Waals surface area contributed by atoms with Crippen LogP contribution in [-0.2, 0) is 11.8 Å². The Bertz CT molecular complexity index is 1230. The van der Waals surface area contributed by atoms with Crippen LogP contribution >= 0.6 is 0 Å². The molecule has 5 heteroatoms. The number of ketones is 1. The van der Waals surface area contributed by atoms with Gasteiger partial charge < -0.3 is 9.67 Å². The highest BCUT2D eigenvalue weighted by molar-refractivity contribution is 5.96. The number of pyridine rings is 1. The van der Waals surface area contributed by atoms with Crippen LogP contribution in [0, 0.1) is 12.8 Å². The minimum absolute atomic E-state index is 0.0000717. The van der Waals surface area contributed by atoms with E-state index in [1.807, 2.05) is 12.1 Å². The molecule has 1 N–H and O–H groups in total. The lowest BCUT2D eigenvalue weighted by molar-refractivity contribution is -0.142. The van der Waals surface area contributed by atoms with Crippen LogP contribution in [-0.4, -0.2) is 21.4 Å². The number of nitrogens with zero attached hydrogens (tertiary/aromatic N) is 1. The summed E-state index contributed by atoms with van der Waals surface area (Å²) in [6.45, 7) is 2.06. The fourth-order valence-corrected chi connectivity index (χ4v) is 5.12. The summed E-state index contributed by atoms with van der Waals surface area (Å²) in [5.41, 5.74) is 4.97. The van der Waals surface area contributed by atoms with Gasteiger partial charge >= 0.3 is 5.97 Å². The lowest BCUT2D eigenvalue weighted by atomic mass is 9.78. The van der Waals surface area contributed by atoms with Gasteiger partial charge in [-0.2, -0.15) is 0 Å². The van der Waals surface area contributed by atoms with Crippen molar-refractivity contribution < 1.29 is 14.7 Å². The monoisotopic (exact) mass is 457 g/mol. The van der Waals surface area contributed by atoms with Crippen LogP contribution in [0.4, 0.5) is 0 Å². The Kier molecular flexibility index (Phi) is 7.11. The lowest BCUT2D eigenvalue weighted by Crippen LogP contribution is -2.20. The topological polar surface area (TPSA) is 76.4 Å². The summed E-state index contributed by atoms with van der Waals surface area (Å²) in [5.74, 6) is -0.612. The maximum atomic E-state index is 13.2. The molecule has 0 spiro atoms. The van der Waals surface area contributed by atoms with Gasteiger partial charge in [0.05, 0.1) is 5.92 Å². The molecule has 4 rings (SSSR count). The Hall–Kier alpha value is -3.47.